The van der Waals surface area contributed by atoms with E-state index in [1.807, 2.05) is 6.92 Å². The van der Waals surface area contributed by atoms with Crippen molar-refractivity contribution in [3.05, 3.63) is 29.8 Å². The van der Waals surface area contributed by atoms with Crippen LogP contribution in [-0.2, 0) is 19.0 Å². The first-order valence-corrected chi connectivity index (χ1v) is 10.0. The molecule has 7 nitrogen and oxygen atoms in total. The number of aryl methyl sites for hydroxylation is 1. The minimum absolute atomic E-state index is 0.0670. The number of hydrogen-bond acceptors (Lipinski definition) is 6. The predicted molar refractivity (Wildman–Crippen MR) is 96.2 cm³/mol. The SMILES string of the molecule is Cc1ccc(S(=O)(=O)OC[C@@H]2CN(C(=O)OC(C)(C)C)CCC2O)cc1. The minimum atomic E-state index is -3.91. The standard InChI is InChI=1S/C18H27NO6S/c1-13-5-7-15(8-6-13)26(22,23)24-12-14-11-19(10-9-16(14)20)17(21)25-18(2,3)4/h5-8,14,16,20H,9-12H2,1-4H3/t14-,16?/m0/s1. The molecule has 0 spiro atoms. The van der Waals surface area contributed by atoms with E-state index < -0.39 is 33.8 Å². The summed E-state index contributed by atoms with van der Waals surface area (Å²) in [6.07, 6.45) is -0.865. The molecule has 0 aromatic heterocycles. The van der Waals surface area contributed by atoms with Crippen molar-refractivity contribution in [1.29, 1.82) is 0 Å². The van der Waals surface area contributed by atoms with Gasteiger partial charge < -0.3 is 14.7 Å². The van der Waals surface area contributed by atoms with Crippen LogP contribution >= 0.6 is 0 Å². The summed E-state index contributed by atoms with van der Waals surface area (Å²) in [5.74, 6) is -0.503. The van der Waals surface area contributed by atoms with E-state index in [9.17, 15) is 18.3 Å². The van der Waals surface area contributed by atoms with Crippen molar-refractivity contribution in [1.82, 2.24) is 4.90 Å². The molecule has 26 heavy (non-hydrogen) atoms. The Morgan fingerprint density at radius 1 is 1.27 bits per heavy atom. The maximum atomic E-state index is 12.3. The maximum absolute atomic E-state index is 12.3. The highest BCUT2D eigenvalue weighted by molar-refractivity contribution is 7.86. The van der Waals surface area contributed by atoms with E-state index in [0.717, 1.165) is 5.56 Å². The molecule has 8 heteroatoms. The Balaban J connectivity index is 1.99. The lowest BCUT2D eigenvalue weighted by atomic mass is 9.96. The van der Waals surface area contributed by atoms with Crippen LogP contribution in [-0.4, -0.2) is 55.9 Å². The fourth-order valence-electron chi connectivity index (χ4n) is 2.63. The maximum Gasteiger partial charge on any atom is 0.410 e. The molecule has 146 valence electrons. The van der Waals surface area contributed by atoms with Gasteiger partial charge in [0.15, 0.2) is 0 Å². The van der Waals surface area contributed by atoms with Crippen LogP contribution in [0, 0.1) is 12.8 Å². The number of piperidine rings is 1. The van der Waals surface area contributed by atoms with Crippen molar-refractivity contribution >= 4 is 16.2 Å². The number of likely N-dealkylation sites (tertiary alicyclic amines) is 1. The van der Waals surface area contributed by atoms with Gasteiger partial charge in [0.1, 0.15) is 5.60 Å². The summed E-state index contributed by atoms with van der Waals surface area (Å²) in [7, 11) is -3.91. The van der Waals surface area contributed by atoms with E-state index in [2.05, 4.69) is 0 Å². The van der Waals surface area contributed by atoms with E-state index in [1.54, 1.807) is 32.9 Å². The number of rotatable bonds is 4. The van der Waals surface area contributed by atoms with Crippen molar-refractivity contribution in [2.75, 3.05) is 19.7 Å². The largest absolute Gasteiger partial charge is 0.444 e. The van der Waals surface area contributed by atoms with Gasteiger partial charge >= 0.3 is 6.09 Å². The van der Waals surface area contributed by atoms with Crippen LogP contribution in [0.2, 0.25) is 0 Å². The van der Waals surface area contributed by atoms with Crippen molar-refractivity contribution in [2.24, 2.45) is 5.92 Å². The van der Waals surface area contributed by atoms with Gasteiger partial charge in [-0.2, -0.15) is 8.42 Å². The molecule has 1 N–H and O–H groups in total. The highest BCUT2D eigenvalue weighted by Crippen LogP contribution is 2.22. The molecule has 1 aliphatic heterocycles. The van der Waals surface area contributed by atoms with E-state index in [-0.39, 0.29) is 18.0 Å². The molecule has 1 heterocycles. The fraction of sp³-hybridized carbons (Fsp3) is 0.611. The molecule has 1 unspecified atom stereocenters. The first-order chi connectivity index (χ1) is 12.0. The third-order valence-electron chi connectivity index (χ3n) is 4.09. The molecule has 0 saturated carbocycles. The Bertz CT molecular complexity index is 723. The topological polar surface area (TPSA) is 93.1 Å². The van der Waals surface area contributed by atoms with Gasteiger partial charge in [-0.25, -0.2) is 4.79 Å². The number of hydrogen-bond donors (Lipinski definition) is 1. The highest BCUT2D eigenvalue weighted by atomic mass is 32.2. The van der Waals surface area contributed by atoms with E-state index in [1.165, 1.54) is 17.0 Å². The Hall–Kier alpha value is -1.64. The summed E-state index contributed by atoms with van der Waals surface area (Å²) in [6, 6.07) is 6.34. The molecule has 1 aromatic carbocycles. The average Bonchev–Trinajstić information content (AvgIpc) is 2.53. The first kappa shape index (κ1) is 20.7. The van der Waals surface area contributed by atoms with Crippen molar-refractivity contribution in [2.45, 2.75) is 50.7 Å². The summed E-state index contributed by atoms with van der Waals surface area (Å²) in [6.45, 7) is 7.53. The van der Waals surface area contributed by atoms with Crippen LogP contribution < -0.4 is 0 Å². The molecule has 1 aromatic rings. The predicted octanol–water partition coefficient (Wildman–Crippen LogP) is 2.32. The lowest BCUT2D eigenvalue weighted by Gasteiger charge is -2.36. The zero-order valence-corrected chi connectivity index (χ0v) is 16.5. The third-order valence-corrected chi connectivity index (χ3v) is 5.39. The zero-order valence-electron chi connectivity index (χ0n) is 15.6. The Labute approximate surface area is 155 Å². The number of ether oxygens (including phenoxy) is 1. The summed E-state index contributed by atoms with van der Waals surface area (Å²) in [5, 5.41) is 10.2. The number of aliphatic hydroxyl groups is 1. The van der Waals surface area contributed by atoms with Crippen molar-refractivity contribution in [3.63, 3.8) is 0 Å². The number of aliphatic hydroxyl groups excluding tert-OH is 1. The molecule has 1 amide bonds. The number of amides is 1. The number of benzene rings is 1. The second-order valence-electron chi connectivity index (χ2n) is 7.59. The van der Waals surface area contributed by atoms with E-state index in [0.29, 0.717) is 13.0 Å². The van der Waals surface area contributed by atoms with Crippen LogP contribution in [0.1, 0.15) is 32.8 Å². The van der Waals surface area contributed by atoms with Crippen molar-refractivity contribution in [3.8, 4) is 0 Å². The molecule has 0 bridgehead atoms. The van der Waals surface area contributed by atoms with Crippen LogP contribution in [0.5, 0.6) is 0 Å². The molecular weight excluding hydrogens is 358 g/mol. The Kier molecular flexibility index (Phi) is 6.31. The highest BCUT2D eigenvalue weighted by Gasteiger charge is 2.33. The van der Waals surface area contributed by atoms with Gasteiger partial charge in [-0.3, -0.25) is 4.18 Å². The van der Waals surface area contributed by atoms with Gasteiger partial charge in [0.2, 0.25) is 0 Å². The zero-order chi connectivity index (χ0) is 19.5. The molecule has 1 fully saturated rings. The summed E-state index contributed by atoms with van der Waals surface area (Å²) >= 11 is 0. The molecule has 0 aliphatic carbocycles. The molecule has 0 radical (unpaired) electrons. The smallest absolute Gasteiger partial charge is 0.410 e. The number of carbonyl (C=O) groups is 1. The second kappa shape index (κ2) is 7.94. The first-order valence-electron chi connectivity index (χ1n) is 8.60. The Morgan fingerprint density at radius 2 is 1.88 bits per heavy atom. The minimum Gasteiger partial charge on any atom is -0.444 e. The molecular formula is C18H27NO6S. The summed E-state index contributed by atoms with van der Waals surface area (Å²) in [4.78, 5) is 13.7. The molecule has 1 aliphatic rings. The van der Waals surface area contributed by atoms with E-state index >= 15 is 0 Å². The van der Waals surface area contributed by atoms with Gasteiger partial charge in [0.25, 0.3) is 10.1 Å². The van der Waals surface area contributed by atoms with Gasteiger partial charge in [-0.1, -0.05) is 17.7 Å². The Morgan fingerprint density at radius 3 is 2.46 bits per heavy atom. The lowest BCUT2D eigenvalue weighted by molar-refractivity contribution is -0.0170. The molecule has 2 rings (SSSR count). The molecule has 2 atom stereocenters. The molecule has 1 saturated heterocycles. The van der Waals surface area contributed by atoms with E-state index in [4.69, 9.17) is 8.92 Å². The summed E-state index contributed by atoms with van der Waals surface area (Å²) < 4.78 is 35.0. The van der Waals surface area contributed by atoms with Gasteiger partial charge in [0.05, 0.1) is 17.6 Å². The summed E-state index contributed by atoms with van der Waals surface area (Å²) in [5.41, 5.74) is 0.327. The van der Waals surface area contributed by atoms with Crippen LogP contribution in [0.3, 0.4) is 0 Å². The average molecular weight is 385 g/mol. The normalized spacial score (nSPS) is 21.5. The number of nitrogens with zero attached hydrogens (tertiary/aromatic N) is 1. The van der Waals surface area contributed by atoms with Gasteiger partial charge in [-0.15, -0.1) is 0 Å². The van der Waals surface area contributed by atoms with Crippen LogP contribution in [0.15, 0.2) is 29.2 Å². The lowest BCUT2D eigenvalue weighted by Crippen LogP contribution is -2.49. The van der Waals surface area contributed by atoms with Gasteiger partial charge in [0, 0.05) is 19.0 Å². The monoisotopic (exact) mass is 385 g/mol. The second-order valence-corrected chi connectivity index (χ2v) is 9.21. The third kappa shape index (κ3) is 5.69. The van der Waals surface area contributed by atoms with Crippen LogP contribution in [0.4, 0.5) is 4.79 Å². The number of carbonyl (C=O) groups excluding carboxylic acids is 1. The van der Waals surface area contributed by atoms with Crippen LogP contribution in [0.25, 0.3) is 0 Å². The van der Waals surface area contributed by atoms with Crippen molar-refractivity contribution < 1.29 is 27.2 Å². The fourth-order valence-corrected chi connectivity index (χ4v) is 3.59. The quantitative estimate of drug-likeness (QED) is 0.800. The van der Waals surface area contributed by atoms with Gasteiger partial charge in [-0.05, 0) is 46.2 Å².